The Labute approximate surface area is 145 Å². The first-order valence-corrected chi connectivity index (χ1v) is 8.66. The van der Waals surface area contributed by atoms with E-state index in [9.17, 15) is 4.79 Å². The molecule has 3 rings (SSSR count). The second-order valence-corrected chi connectivity index (χ2v) is 7.03. The lowest BCUT2D eigenvalue weighted by Gasteiger charge is -2.10. The van der Waals surface area contributed by atoms with E-state index in [4.69, 9.17) is 0 Å². The summed E-state index contributed by atoms with van der Waals surface area (Å²) in [5.41, 5.74) is 2.88. The van der Waals surface area contributed by atoms with E-state index in [2.05, 4.69) is 10.2 Å². The lowest BCUT2D eigenvalue weighted by Crippen LogP contribution is -2.14. The van der Waals surface area contributed by atoms with Gasteiger partial charge in [0, 0.05) is 18.2 Å². The number of hydrogen-bond acceptors (Lipinski definition) is 4. The minimum atomic E-state index is -0.223. The lowest BCUT2D eigenvalue weighted by atomic mass is 10.1. The average Bonchev–Trinajstić information content (AvgIpc) is 2.96. The first-order valence-electron chi connectivity index (χ1n) is 7.78. The van der Waals surface area contributed by atoms with E-state index in [-0.39, 0.29) is 11.0 Å². The molecule has 0 aliphatic carbocycles. The Bertz CT molecular complexity index is 841. The van der Waals surface area contributed by atoms with Gasteiger partial charge in [-0.15, -0.1) is 10.2 Å². The standard InChI is InChI=1S/C19H19N3OS/c1-13-9-11-15(12-10-13)17(23)14(2)24-19-21-20-18(22(19)3)16-7-5-4-6-8-16/h4-12,14H,1-3H3/t14-/m0/s1. The average molecular weight is 337 g/mol. The van der Waals surface area contributed by atoms with Gasteiger partial charge in [-0.05, 0) is 13.8 Å². The van der Waals surface area contributed by atoms with Gasteiger partial charge in [0.15, 0.2) is 16.8 Å². The lowest BCUT2D eigenvalue weighted by molar-refractivity contribution is 0.0994. The number of nitrogens with zero attached hydrogens (tertiary/aromatic N) is 3. The topological polar surface area (TPSA) is 47.8 Å². The molecule has 0 spiro atoms. The van der Waals surface area contributed by atoms with Crippen LogP contribution in [0.4, 0.5) is 0 Å². The molecule has 0 aliphatic heterocycles. The van der Waals surface area contributed by atoms with E-state index >= 15 is 0 Å². The number of ketones is 1. The van der Waals surface area contributed by atoms with Crippen LogP contribution in [0.15, 0.2) is 59.8 Å². The Morgan fingerprint density at radius 2 is 1.71 bits per heavy atom. The van der Waals surface area contributed by atoms with Gasteiger partial charge >= 0.3 is 0 Å². The van der Waals surface area contributed by atoms with Crippen LogP contribution in [0.1, 0.15) is 22.8 Å². The van der Waals surface area contributed by atoms with Crippen LogP contribution in [0.2, 0.25) is 0 Å². The predicted octanol–water partition coefficient (Wildman–Crippen LogP) is 4.15. The maximum Gasteiger partial charge on any atom is 0.191 e. The van der Waals surface area contributed by atoms with Crippen LogP contribution in [-0.2, 0) is 7.05 Å². The van der Waals surface area contributed by atoms with Gasteiger partial charge in [-0.25, -0.2) is 0 Å². The summed E-state index contributed by atoms with van der Waals surface area (Å²) < 4.78 is 1.93. The fourth-order valence-corrected chi connectivity index (χ4v) is 3.31. The highest BCUT2D eigenvalue weighted by Crippen LogP contribution is 2.27. The van der Waals surface area contributed by atoms with Gasteiger partial charge in [-0.2, -0.15) is 0 Å². The summed E-state index contributed by atoms with van der Waals surface area (Å²) in [4.78, 5) is 12.6. The van der Waals surface area contributed by atoms with E-state index in [1.54, 1.807) is 0 Å². The minimum Gasteiger partial charge on any atom is -0.305 e. The number of aryl methyl sites for hydroxylation is 1. The van der Waals surface area contributed by atoms with Crippen molar-refractivity contribution < 1.29 is 4.79 Å². The van der Waals surface area contributed by atoms with E-state index in [1.165, 1.54) is 11.8 Å². The zero-order valence-corrected chi connectivity index (χ0v) is 14.7. The molecule has 24 heavy (non-hydrogen) atoms. The van der Waals surface area contributed by atoms with Crippen LogP contribution < -0.4 is 0 Å². The number of carbonyl (C=O) groups excluding carboxylic acids is 1. The van der Waals surface area contributed by atoms with Crippen LogP contribution in [0.3, 0.4) is 0 Å². The molecule has 0 saturated carbocycles. The molecule has 1 aromatic heterocycles. The predicted molar refractivity (Wildman–Crippen MR) is 97.3 cm³/mol. The Hall–Kier alpha value is -2.40. The van der Waals surface area contributed by atoms with Crippen molar-refractivity contribution in [3.8, 4) is 11.4 Å². The molecule has 0 aliphatic rings. The van der Waals surface area contributed by atoms with E-state index < -0.39 is 0 Å². The molecule has 4 nitrogen and oxygen atoms in total. The third-order valence-electron chi connectivity index (χ3n) is 3.85. The van der Waals surface area contributed by atoms with Crippen LogP contribution in [0.25, 0.3) is 11.4 Å². The summed E-state index contributed by atoms with van der Waals surface area (Å²) in [6.45, 7) is 3.92. The third kappa shape index (κ3) is 3.41. The van der Waals surface area contributed by atoms with Crippen molar-refractivity contribution in [2.75, 3.05) is 0 Å². The molecule has 0 amide bonds. The second-order valence-electron chi connectivity index (χ2n) is 5.72. The normalized spacial score (nSPS) is 12.1. The molecule has 1 heterocycles. The number of carbonyl (C=O) groups is 1. The fraction of sp³-hybridized carbons (Fsp3) is 0.211. The van der Waals surface area contributed by atoms with Crippen molar-refractivity contribution in [1.29, 1.82) is 0 Å². The van der Waals surface area contributed by atoms with Gasteiger partial charge < -0.3 is 4.57 Å². The van der Waals surface area contributed by atoms with Gasteiger partial charge in [-0.1, -0.05) is 71.9 Å². The van der Waals surface area contributed by atoms with E-state index in [0.717, 1.165) is 27.7 Å². The SMILES string of the molecule is Cc1ccc(C(=O)[C@H](C)Sc2nnc(-c3ccccc3)n2C)cc1. The summed E-state index contributed by atoms with van der Waals surface area (Å²) in [7, 11) is 1.92. The Kier molecular flexibility index (Phi) is 4.81. The summed E-state index contributed by atoms with van der Waals surface area (Å²) in [6, 6.07) is 17.6. The van der Waals surface area contributed by atoms with E-state index in [0.29, 0.717) is 0 Å². The zero-order chi connectivity index (χ0) is 17.1. The smallest absolute Gasteiger partial charge is 0.191 e. The number of Topliss-reactive ketones (excluding diaryl/α,β-unsaturated/α-hetero) is 1. The maximum absolute atomic E-state index is 12.6. The molecule has 122 valence electrons. The number of hydrogen-bond donors (Lipinski definition) is 0. The summed E-state index contributed by atoms with van der Waals surface area (Å²) in [5, 5.41) is 9.02. The number of rotatable bonds is 5. The van der Waals surface area contributed by atoms with Crippen molar-refractivity contribution in [2.45, 2.75) is 24.3 Å². The van der Waals surface area contributed by atoms with Crippen LogP contribution in [0.5, 0.6) is 0 Å². The molecule has 0 saturated heterocycles. The zero-order valence-electron chi connectivity index (χ0n) is 13.9. The molecule has 5 heteroatoms. The maximum atomic E-state index is 12.6. The molecule has 0 N–H and O–H groups in total. The van der Waals surface area contributed by atoms with Crippen LogP contribution in [0, 0.1) is 6.92 Å². The fourth-order valence-electron chi connectivity index (χ4n) is 2.42. The summed E-state index contributed by atoms with van der Waals surface area (Å²) >= 11 is 1.43. The molecule has 0 unspecified atom stereocenters. The molecule has 0 radical (unpaired) electrons. The highest BCUT2D eigenvalue weighted by atomic mass is 32.2. The third-order valence-corrected chi connectivity index (χ3v) is 4.99. The van der Waals surface area contributed by atoms with Gasteiger partial charge in [0.05, 0.1) is 5.25 Å². The summed E-state index contributed by atoms with van der Waals surface area (Å²) in [6.07, 6.45) is 0. The van der Waals surface area contributed by atoms with Gasteiger partial charge in [0.1, 0.15) is 0 Å². The monoisotopic (exact) mass is 337 g/mol. The first-order chi connectivity index (χ1) is 11.6. The molecule has 1 atom stereocenters. The van der Waals surface area contributed by atoms with Crippen molar-refractivity contribution in [3.05, 3.63) is 65.7 Å². The number of benzene rings is 2. The van der Waals surface area contributed by atoms with Crippen LogP contribution in [-0.4, -0.2) is 25.8 Å². The highest BCUT2D eigenvalue weighted by Gasteiger charge is 2.20. The van der Waals surface area contributed by atoms with Crippen molar-refractivity contribution >= 4 is 17.5 Å². The van der Waals surface area contributed by atoms with Gasteiger partial charge in [0.25, 0.3) is 0 Å². The molecular weight excluding hydrogens is 318 g/mol. The second kappa shape index (κ2) is 7.01. The molecule has 0 bridgehead atoms. The van der Waals surface area contributed by atoms with Crippen molar-refractivity contribution in [3.63, 3.8) is 0 Å². The Morgan fingerprint density at radius 3 is 2.38 bits per heavy atom. The van der Waals surface area contributed by atoms with Gasteiger partial charge in [0.2, 0.25) is 0 Å². The summed E-state index contributed by atoms with van der Waals surface area (Å²) in [5.74, 6) is 0.900. The van der Waals surface area contributed by atoms with Crippen LogP contribution >= 0.6 is 11.8 Å². The highest BCUT2D eigenvalue weighted by molar-refractivity contribution is 8.00. The Morgan fingerprint density at radius 1 is 1.04 bits per heavy atom. The largest absolute Gasteiger partial charge is 0.305 e. The van der Waals surface area contributed by atoms with Crippen molar-refractivity contribution in [1.82, 2.24) is 14.8 Å². The molecular formula is C19H19N3OS. The molecule has 3 aromatic rings. The first kappa shape index (κ1) is 16.5. The minimum absolute atomic E-state index is 0.101. The number of aromatic nitrogens is 3. The quantitative estimate of drug-likeness (QED) is 0.518. The van der Waals surface area contributed by atoms with Gasteiger partial charge in [-0.3, -0.25) is 4.79 Å². The number of thioether (sulfide) groups is 1. The molecule has 2 aromatic carbocycles. The van der Waals surface area contributed by atoms with Crippen molar-refractivity contribution in [2.24, 2.45) is 7.05 Å². The Balaban J connectivity index is 1.78. The molecule has 0 fully saturated rings. The van der Waals surface area contributed by atoms with E-state index in [1.807, 2.05) is 80.1 Å².